The van der Waals surface area contributed by atoms with E-state index in [1.54, 1.807) is 12.1 Å². The van der Waals surface area contributed by atoms with Gasteiger partial charge in [-0.1, -0.05) is 24.3 Å². The van der Waals surface area contributed by atoms with Crippen LogP contribution >= 0.6 is 0 Å². The van der Waals surface area contributed by atoms with Crippen molar-refractivity contribution in [3.05, 3.63) is 48.3 Å². The molecule has 1 aromatic carbocycles. The first-order valence-corrected chi connectivity index (χ1v) is 8.42. The molecular formula is C19H20N4O2. The van der Waals surface area contributed by atoms with Crippen molar-refractivity contribution in [1.29, 1.82) is 0 Å². The van der Waals surface area contributed by atoms with Gasteiger partial charge in [-0.25, -0.2) is 4.98 Å². The third-order valence-corrected chi connectivity index (χ3v) is 4.46. The minimum atomic E-state index is 0.187. The van der Waals surface area contributed by atoms with E-state index in [1.807, 2.05) is 41.1 Å². The predicted molar refractivity (Wildman–Crippen MR) is 97.1 cm³/mol. The minimum absolute atomic E-state index is 0.187. The predicted octanol–water partition coefficient (Wildman–Crippen LogP) is 3.27. The highest BCUT2D eigenvalue weighted by atomic mass is 16.5. The van der Waals surface area contributed by atoms with Crippen molar-refractivity contribution in [1.82, 2.24) is 14.4 Å². The molecule has 0 unspecified atom stereocenters. The fourth-order valence-corrected chi connectivity index (χ4v) is 2.80. The van der Waals surface area contributed by atoms with E-state index in [2.05, 4.69) is 9.97 Å². The smallest absolute Gasteiger partial charge is 0.236 e. The molecule has 6 heteroatoms. The van der Waals surface area contributed by atoms with Crippen LogP contribution in [0.15, 0.2) is 42.7 Å². The maximum absolute atomic E-state index is 9.99. The summed E-state index contributed by atoms with van der Waals surface area (Å²) < 4.78 is 7.52. The van der Waals surface area contributed by atoms with E-state index in [-0.39, 0.29) is 5.75 Å². The number of imidazole rings is 1. The van der Waals surface area contributed by atoms with Gasteiger partial charge in [0.15, 0.2) is 0 Å². The first kappa shape index (κ1) is 15.7. The number of benzene rings is 1. The number of aromatic hydroxyl groups is 1. The Morgan fingerprint density at radius 2 is 2.08 bits per heavy atom. The third kappa shape index (κ3) is 3.21. The number of hydrogen-bond acceptors (Lipinski definition) is 5. The van der Waals surface area contributed by atoms with E-state index in [1.165, 1.54) is 6.42 Å². The molecule has 1 aliphatic rings. The molecule has 2 heterocycles. The average Bonchev–Trinajstić information content (AvgIpc) is 2.95. The zero-order valence-corrected chi connectivity index (χ0v) is 13.8. The maximum Gasteiger partial charge on any atom is 0.236 e. The molecule has 0 saturated heterocycles. The number of phenols is 1. The Morgan fingerprint density at radius 3 is 2.84 bits per heavy atom. The molecule has 0 bridgehead atoms. The van der Waals surface area contributed by atoms with E-state index in [4.69, 9.17) is 10.5 Å². The van der Waals surface area contributed by atoms with Crippen molar-refractivity contribution in [3.8, 4) is 17.0 Å². The highest BCUT2D eigenvalue weighted by Gasteiger charge is 2.16. The second-order valence-electron chi connectivity index (χ2n) is 6.22. The highest BCUT2D eigenvalue weighted by molar-refractivity contribution is 5.69. The van der Waals surface area contributed by atoms with Crippen molar-refractivity contribution in [3.63, 3.8) is 0 Å². The van der Waals surface area contributed by atoms with Gasteiger partial charge in [0.2, 0.25) is 5.78 Å². The molecule has 25 heavy (non-hydrogen) atoms. The molecule has 0 radical (unpaired) electrons. The molecule has 1 fully saturated rings. The fourth-order valence-electron chi connectivity index (χ4n) is 2.80. The van der Waals surface area contributed by atoms with Crippen LogP contribution < -0.4 is 5.73 Å². The van der Waals surface area contributed by atoms with Crippen molar-refractivity contribution in [2.75, 3.05) is 12.3 Å². The quantitative estimate of drug-likeness (QED) is 0.747. The molecule has 0 atom stereocenters. The molecule has 4 rings (SSSR count). The van der Waals surface area contributed by atoms with Crippen LogP contribution in [0.4, 0.5) is 5.82 Å². The van der Waals surface area contributed by atoms with Crippen LogP contribution in [0.25, 0.3) is 23.1 Å². The van der Waals surface area contributed by atoms with Crippen LogP contribution in [-0.2, 0) is 4.74 Å². The van der Waals surface area contributed by atoms with Gasteiger partial charge in [0.25, 0.3) is 0 Å². The van der Waals surface area contributed by atoms with Gasteiger partial charge in [0.05, 0.1) is 18.4 Å². The lowest BCUT2D eigenvalue weighted by Crippen LogP contribution is -2.21. The summed E-state index contributed by atoms with van der Waals surface area (Å²) in [4.78, 5) is 8.80. The lowest BCUT2D eigenvalue weighted by molar-refractivity contribution is 0.0190. The van der Waals surface area contributed by atoms with Crippen LogP contribution in [0.2, 0.25) is 0 Å². The molecule has 2 aromatic heterocycles. The molecule has 0 spiro atoms. The largest absolute Gasteiger partial charge is 0.507 e. The van der Waals surface area contributed by atoms with Crippen LogP contribution in [0.3, 0.4) is 0 Å². The number of nitrogen functional groups attached to an aromatic ring is 1. The topological polar surface area (TPSA) is 85.7 Å². The van der Waals surface area contributed by atoms with Crippen LogP contribution in [-0.4, -0.2) is 32.2 Å². The molecule has 3 aromatic rings. The van der Waals surface area contributed by atoms with Gasteiger partial charge in [0.1, 0.15) is 11.6 Å². The average molecular weight is 336 g/mol. The second-order valence-corrected chi connectivity index (χ2v) is 6.22. The van der Waals surface area contributed by atoms with Crippen LogP contribution in [0.1, 0.15) is 24.8 Å². The summed E-state index contributed by atoms with van der Waals surface area (Å²) in [6.45, 7) is 0.579. The van der Waals surface area contributed by atoms with Crippen molar-refractivity contribution >= 4 is 17.7 Å². The number of hydrogen-bond donors (Lipinski definition) is 2. The summed E-state index contributed by atoms with van der Waals surface area (Å²) in [6.07, 6.45) is 11.6. The lowest BCUT2D eigenvalue weighted by atomic mass is 9.96. The molecule has 1 aliphatic carbocycles. The van der Waals surface area contributed by atoms with Gasteiger partial charge < -0.3 is 15.6 Å². The number of para-hydroxylation sites is 1. The number of fused-ring (bicyclic) bond motifs is 1. The Labute approximate surface area is 145 Å². The van der Waals surface area contributed by atoms with Gasteiger partial charge in [-0.3, -0.25) is 4.40 Å². The Hall–Kier alpha value is -2.86. The van der Waals surface area contributed by atoms with E-state index in [9.17, 15) is 5.11 Å². The first-order valence-electron chi connectivity index (χ1n) is 8.42. The standard InChI is InChI=1S/C19H20N4O2/c20-18-13(5-4-10-25-14-6-3-7-14)11-23-12-16(21-19(23)22-18)15-8-1-2-9-17(15)24/h1-2,4-5,8-9,11-12,14,24H,3,6-7,10H2,(H2,20,21,22)/b5-4+. The van der Waals surface area contributed by atoms with E-state index in [0.717, 1.165) is 18.4 Å². The summed E-state index contributed by atoms with van der Waals surface area (Å²) in [5.41, 5.74) is 8.17. The maximum atomic E-state index is 9.99. The van der Waals surface area contributed by atoms with Gasteiger partial charge in [-0.15, -0.1) is 0 Å². The first-order chi connectivity index (χ1) is 12.2. The Kier molecular flexibility index (Phi) is 4.11. The van der Waals surface area contributed by atoms with Gasteiger partial charge in [0, 0.05) is 23.5 Å². The molecule has 0 amide bonds. The van der Waals surface area contributed by atoms with E-state index < -0.39 is 0 Å². The number of ether oxygens (including phenoxy) is 1. The van der Waals surface area contributed by atoms with Crippen molar-refractivity contribution < 1.29 is 9.84 Å². The molecule has 128 valence electrons. The molecule has 0 aliphatic heterocycles. The summed E-state index contributed by atoms with van der Waals surface area (Å²) in [7, 11) is 0. The molecule has 3 N–H and O–H groups in total. The SMILES string of the molecule is Nc1nc2nc(-c3ccccc3O)cn2cc1/C=C/COC1CCC1. The summed E-state index contributed by atoms with van der Waals surface area (Å²) in [5, 5.41) is 9.99. The number of nitrogens with zero attached hydrogens (tertiary/aromatic N) is 3. The fraction of sp³-hybridized carbons (Fsp3) is 0.263. The minimum Gasteiger partial charge on any atom is -0.507 e. The van der Waals surface area contributed by atoms with E-state index in [0.29, 0.717) is 35.6 Å². The van der Waals surface area contributed by atoms with Crippen LogP contribution in [0.5, 0.6) is 5.75 Å². The number of nitrogens with two attached hydrogens (primary N) is 1. The lowest BCUT2D eigenvalue weighted by Gasteiger charge is -2.24. The molecule has 6 nitrogen and oxygen atoms in total. The molecule has 1 saturated carbocycles. The Balaban J connectivity index is 1.58. The van der Waals surface area contributed by atoms with Gasteiger partial charge in [-0.2, -0.15) is 4.98 Å². The number of phenolic OH excluding ortho intramolecular Hbond substituents is 1. The number of anilines is 1. The Morgan fingerprint density at radius 1 is 1.24 bits per heavy atom. The summed E-state index contributed by atoms with van der Waals surface area (Å²) in [6, 6.07) is 7.09. The normalized spacial score (nSPS) is 15.0. The number of aromatic nitrogens is 3. The zero-order valence-electron chi connectivity index (χ0n) is 13.8. The monoisotopic (exact) mass is 336 g/mol. The summed E-state index contributed by atoms with van der Waals surface area (Å²) in [5.74, 6) is 1.10. The zero-order chi connectivity index (χ0) is 17.2. The second kappa shape index (κ2) is 6.57. The van der Waals surface area contributed by atoms with Gasteiger partial charge in [-0.05, 0) is 31.4 Å². The molecular weight excluding hydrogens is 316 g/mol. The Bertz CT molecular complexity index is 928. The van der Waals surface area contributed by atoms with Gasteiger partial charge >= 0.3 is 0 Å². The van der Waals surface area contributed by atoms with E-state index >= 15 is 0 Å². The van der Waals surface area contributed by atoms with Crippen LogP contribution in [0, 0.1) is 0 Å². The number of rotatable bonds is 5. The van der Waals surface area contributed by atoms with Crippen molar-refractivity contribution in [2.24, 2.45) is 0 Å². The highest BCUT2D eigenvalue weighted by Crippen LogP contribution is 2.28. The third-order valence-electron chi connectivity index (χ3n) is 4.46. The van der Waals surface area contributed by atoms with Crippen molar-refractivity contribution in [2.45, 2.75) is 25.4 Å². The summed E-state index contributed by atoms with van der Waals surface area (Å²) >= 11 is 0.